The van der Waals surface area contributed by atoms with Crippen LogP contribution in [0.4, 0.5) is 0 Å². The summed E-state index contributed by atoms with van der Waals surface area (Å²) >= 11 is 0. The standard InChI is InChI=1S/C9H16N2/c1-8(10-3)6-5-7-9(2)11-4/h5-7,10H,1-4H3/b7-5+,8-6-,11-9?. The molecule has 0 heterocycles. The van der Waals surface area contributed by atoms with E-state index in [1.54, 1.807) is 7.05 Å². The zero-order chi connectivity index (χ0) is 8.69. The molecule has 0 fully saturated rings. The lowest BCUT2D eigenvalue weighted by atomic mass is 10.3. The summed E-state index contributed by atoms with van der Waals surface area (Å²) in [5.74, 6) is 0. The van der Waals surface area contributed by atoms with Gasteiger partial charge in [0, 0.05) is 25.5 Å². The molecule has 2 nitrogen and oxygen atoms in total. The number of hydrogen-bond donors (Lipinski definition) is 1. The third kappa shape index (κ3) is 5.40. The molecule has 2 heteroatoms. The lowest BCUT2D eigenvalue weighted by Gasteiger charge is -1.93. The molecule has 0 aliphatic heterocycles. The van der Waals surface area contributed by atoms with Gasteiger partial charge in [-0.05, 0) is 26.0 Å². The van der Waals surface area contributed by atoms with Gasteiger partial charge in [-0.15, -0.1) is 0 Å². The molecule has 0 aromatic heterocycles. The van der Waals surface area contributed by atoms with Crippen molar-refractivity contribution in [3.63, 3.8) is 0 Å². The number of nitrogens with one attached hydrogen (secondary N) is 1. The summed E-state index contributed by atoms with van der Waals surface area (Å²) in [6.07, 6.45) is 5.96. The number of allylic oxidation sites excluding steroid dienone is 4. The first-order chi connectivity index (χ1) is 5.20. The van der Waals surface area contributed by atoms with E-state index in [-0.39, 0.29) is 0 Å². The Morgan fingerprint density at radius 2 is 2.00 bits per heavy atom. The van der Waals surface area contributed by atoms with Crippen LogP contribution >= 0.6 is 0 Å². The molecule has 0 saturated heterocycles. The van der Waals surface area contributed by atoms with Gasteiger partial charge in [-0.2, -0.15) is 0 Å². The van der Waals surface area contributed by atoms with Gasteiger partial charge >= 0.3 is 0 Å². The van der Waals surface area contributed by atoms with Gasteiger partial charge in [0.05, 0.1) is 0 Å². The summed E-state index contributed by atoms with van der Waals surface area (Å²) in [4.78, 5) is 3.99. The van der Waals surface area contributed by atoms with Crippen molar-refractivity contribution in [2.45, 2.75) is 13.8 Å². The summed E-state index contributed by atoms with van der Waals surface area (Å²) in [7, 11) is 3.69. The van der Waals surface area contributed by atoms with Gasteiger partial charge in [0.1, 0.15) is 0 Å². The van der Waals surface area contributed by atoms with Gasteiger partial charge in [-0.3, -0.25) is 4.99 Å². The van der Waals surface area contributed by atoms with Crippen LogP contribution in [-0.2, 0) is 0 Å². The van der Waals surface area contributed by atoms with E-state index in [4.69, 9.17) is 0 Å². The molecule has 0 amide bonds. The number of rotatable bonds is 3. The van der Waals surface area contributed by atoms with Gasteiger partial charge in [-0.1, -0.05) is 6.08 Å². The minimum Gasteiger partial charge on any atom is -0.392 e. The molecule has 0 rings (SSSR count). The highest BCUT2D eigenvalue weighted by atomic mass is 14.8. The molecule has 11 heavy (non-hydrogen) atoms. The Kier molecular flexibility index (Phi) is 5.17. The fraction of sp³-hybridized carbons (Fsp3) is 0.444. The molecule has 0 bridgehead atoms. The predicted molar refractivity (Wildman–Crippen MR) is 51.0 cm³/mol. The number of hydrogen-bond acceptors (Lipinski definition) is 2. The van der Waals surface area contributed by atoms with E-state index < -0.39 is 0 Å². The average molecular weight is 152 g/mol. The van der Waals surface area contributed by atoms with Crippen molar-refractivity contribution in [2.75, 3.05) is 14.1 Å². The maximum Gasteiger partial charge on any atom is 0.0313 e. The maximum absolute atomic E-state index is 3.99. The van der Waals surface area contributed by atoms with Crippen LogP contribution in [0, 0.1) is 0 Å². The molecule has 0 radical (unpaired) electrons. The van der Waals surface area contributed by atoms with Crippen LogP contribution < -0.4 is 5.32 Å². The summed E-state index contributed by atoms with van der Waals surface area (Å²) < 4.78 is 0. The molecule has 0 aliphatic rings. The third-order valence-electron chi connectivity index (χ3n) is 1.43. The van der Waals surface area contributed by atoms with E-state index in [1.807, 2.05) is 39.1 Å². The van der Waals surface area contributed by atoms with Crippen molar-refractivity contribution in [1.82, 2.24) is 5.32 Å². The fourth-order valence-corrected chi connectivity index (χ4v) is 0.490. The van der Waals surface area contributed by atoms with E-state index >= 15 is 0 Å². The monoisotopic (exact) mass is 152 g/mol. The van der Waals surface area contributed by atoms with Gasteiger partial charge in [0.2, 0.25) is 0 Å². The van der Waals surface area contributed by atoms with E-state index in [9.17, 15) is 0 Å². The molecular formula is C9H16N2. The Morgan fingerprint density at radius 3 is 2.45 bits per heavy atom. The Labute approximate surface area is 68.7 Å². The quantitative estimate of drug-likeness (QED) is 0.483. The molecule has 0 unspecified atom stereocenters. The Balaban J connectivity index is 3.96. The molecule has 0 aromatic rings. The van der Waals surface area contributed by atoms with Crippen molar-refractivity contribution < 1.29 is 0 Å². The van der Waals surface area contributed by atoms with Gasteiger partial charge in [0.25, 0.3) is 0 Å². The minimum atomic E-state index is 1.03. The first-order valence-electron chi connectivity index (χ1n) is 3.66. The predicted octanol–water partition coefficient (Wildman–Crippen LogP) is 1.76. The topological polar surface area (TPSA) is 24.4 Å². The van der Waals surface area contributed by atoms with Crippen LogP contribution in [0.2, 0.25) is 0 Å². The van der Waals surface area contributed by atoms with Crippen LogP contribution in [0.15, 0.2) is 28.9 Å². The van der Waals surface area contributed by atoms with Crippen molar-refractivity contribution in [3.8, 4) is 0 Å². The molecule has 0 atom stereocenters. The summed E-state index contributed by atoms with van der Waals surface area (Å²) in [5, 5.41) is 3.03. The van der Waals surface area contributed by atoms with E-state index in [2.05, 4.69) is 10.3 Å². The SMILES string of the molecule is CN=C(C)/C=C/C=C(/C)NC. The largest absolute Gasteiger partial charge is 0.392 e. The average Bonchev–Trinajstić information content (AvgIpc) is 2.04. The Hall–Kier alpha value is -1.05. The summed E-state index contributed by atoms with van der Waals surface area (Å²) in [5.41, 5.74) is 2.18. The Morgan fingerprint density at radius 1 is 1.36 bits per heavy atom. The van der Waals surface area contributed by atoms with E-state index in [0.29, 0.717) is 0 Å². The molecular weight excluding hydrogens is 136 g/mol. The molecule has 0 aliphatic carbocycles. The zero-order valence-electron chi connectivity index (χ0n) is 7.68. The Bertz CT molecular complexity index is 188. The van der Waals surface area contributed by atoms with Crippen LogP contribution in [0.25, 0.3) is 0 Å². The highest BCUT2D eigenvalue weighted by Gasteiger charge is 1.78. The van der Waals surface area contributed by atoms with Crippen LogP contribution in [-0.4, -0.2) is 19.8 Å². The smallest absolute Gasteiger partial charge is 0.0313 e. The first kappa shape index (κ1) is 9.95. The number of nitrogens with zero attached hydrogens (tertiary/aromatic N) is 1. The first-order valence-corrected chi connectivity index (χ1v) is 3.66. The second-order valence-corrected chi connectivity index (χ2v) is 2.32. The minimum absolute atomic E-state index is 1.03. The van der Waals surface area contributed by atoms with Crippen LogP contribution in [0.3, 0.4) is 0 Å². The van der Waals surface area contributed by atoms with Gasteiger partial charge in [-0.25, -0.2) is 0 Å². The summed E-state index contributed by atoms with van der Waals surface area (Å²) in [6, 6.07) is 0. The van der Waals surface area contributed by atoms with Gasteiger partial charge < -0.3 is 5.32 Å². The normalized spacial score (nSPS) is 14.2. The molecule has 62 valence electrons. The van der Waals surface area contributed by atoms with Crippen molar-refractivity contribution in [2.24, 2.45) is 4.99 Å². The lowest BCUT2D eigenvalue weighted by Crippen LogP contribution is -2.00. The van der Waals surface area contributed by atoms with Crippen molar-refractivity contribution in [1.29, 1.82) is 0 Å². The molecule has 0 aromatic carbocycles. The zero-order valence-corrected chi connectivity index (χ0v) is 7.68. The molecule has 1 N–H and O–H groups in total. The van der Waals surface area contributed by atoms with Crippen molar-refractivity contribution in [3.05, 3.63) is 23.9 Å². The van der Waals surface area contributed by atoms with E-state index in [1.165, 1.54) is 0 Å². The van der Waals surface area contributed by atoms with Gasteiger partial charge in [0.15, 0.2) is 0 Å². The van der Waals surface area contributed by atoms with Crippen LogP contribution in [0.5, 0.6) is 0 Å². The lowest BCUT2D eigenvalue weighted by molar-refractivity contribution is 0.990. The highest BCUT2D eigenvalue weighted by Crippen LogP contribution is 1.86. The second-order valence-electron chi connectivity index (χ2n) is 2.32. The molecule has 0 spiro atoms. The molecule has 0 saturated carbocycles. The fourth-order valence-electron chi connectivity index (χ4n) is 0.490. The van der Waals surface area contributed by atoms with Crippen LogP contribution in [0.1, 0.15) is 13.8 Å². The highest BCUT2D eigenvalue weighted by molar-refractivity contribution is 5.92. The summed E-state index contributed by atoms with van der Waals surface area (Å²) in [6.45, 7) is 3.99. The third-order valence-corrected chi connectivity index (χ3v) is 1.43. The second kappa shape index (κ2) is 5.71. The number of aliphatic imine (C=N–C) groups is 1. The van der Waals surface area contributed by atoms with Crippen molar-refractivity contribution >= 4 is 5.71 Å². The maximum atomic E-state index is 3.99. The van der Waals surface area contributed by atoms with E-state index in [0.717, 1.165) is 11.4 Å².